The number of benzene rings is 1. The van der Waals surface area contributed by atoms with Gasteiger partial charge in [0, 0.05) is 13.1 Å². The van der Waals surface area contributed by atoms with E-state index in [9.17, 15) is 9.59 Å². The van der Waals surface area contributed by atoms with E-state index in [1.165, 1.54) is 0 Å². The summed E-state index contributed by atoms with van der Waals surface area (Å²) in [6, 6.07) is 7.49. The molecule has 34 heavy (non-hydrogen) atoms. The minimum Gasteiger partial charge on any atom is -0.497 e. The third-order valence-electron chi connectivity index (χ3n) is 5.39. The van der Waals surface area contributed by atoms with Crippen molar-refractivity contribution in [1.82, 2.24) is 15.5 Å². The van der Waals surface area contributed by atoms with Crippen LogP contribution in [0.5, 0.6) is 5.75 Å². The first-order valence-electron chi connectivity index (χ1n) is 11.9. The quantitative estimate of drug-likeness (QED) is 0.368. The molecule has 1 aromatic rings. The zero-order valence-corrected chi connectivity index (χ0v) is 21.4. The second kappa shape index (κ2) is 13.4. The van der Waals surface area contributed by atoms with E-state index in [1.807, 2.05) is 38.4 Å². The number of nitrogens with one attached hydrogen (secondary N) is 2. The number of nitrogens with zero attached hydrogens (tertiary/aromatic N) is 1. The highest BCUT2D eigenvalue weighted by Crippen LogP contribution is 2.22. The molecule has 0 bridgehead atoms. The minimum atomic E-state index is -0.778. The molecule has 2 rings (SSSR count). The van der Waals surface area contributed by atoms with Crippen molar-refractivity contribution in [2.24, 2.45) is 0 Å². The van der Waals surface area contributed by atoms with E-state index in [1.54, 1.807) is 27.9 Å². The van der Waals surface area contributed by atoms with Gasteiger partial charge in [-0.25, -0.2) is 9.59 Å². The molecule has 192 valence electrons. The lowest BCUT2D eigenvalue weighted by Crippen LogP contribution is -2.43. The standard InChI is InChI=1S/C25H41N3O6/c1-25(2,3)34-24(30)32-21-17-27-20(16-18-10-12-19(31-6)13-11-18)22(21)33-23(29)26-14-8-7-9-15-28(4)5/h10-13,20-22,27H,7-9,14-17H2,1-6H3,(H,26,29)/t20-,21+,22+/m1/s1. The summed E-state index contributed by atoms with van der Waals surface area (Å²) >= 11 is 0. The fourth-order valence-electron chi connectivity index (χ4n) is 3.71. The largest absolute Gasteiger partial charge is 0.509 e. The Labute approximate surface area is 203 Å². The lowest BCUT2D eigenvalue weighted by atomic mass is 10.0. The van der Waals surface area contributed by atoms with Crippen LogP contribution in [-0.4, -0.2) is 81.8 Å². The van der Waals surface area contributed by atoms with Crippen LogP contribution in [0.1, 0.15) is 45.6 Å². The number of carbonyl (C=O) groups is 2. The molecule has 3 atom stereocenters. The SMILES string of the molecule is COc1ccc(C[C@H]2NC[C@H](OC(=O)OC(C)(C)C)[C@H]2OC(=O)NCCCCCN(C)C)cc1. The van der Waals surface area contributed by atoms with E-state index in [4.69, 9.17) is 18.9 Å². The summed E-state index contributed by atoms with van der Waals surface area (Å²) in [5, 5.41) is 6.15. The zero-order chi connectivity index (χ0) is 25.1. The van der Waals surface area contributed by atoms with Gasteiger partial charge < -0.3 is 34.5 Å². The van der Waals surface area contributed by atoms with Crippen molar-refractivity contribution in [3.8, 4) is 5.75 Å². The third kappa shape index (κ3) is 10.2. The molecule has 0 radical (unpaired) electrons. The van der Waals surface area contributed by atoms with Crippen LogP contribution in [0.2, 0.25) is 0 Å². The summed E-state index contributed by atoms with van der Waals surface area (Å²) in [5.41, 5.74) is 0.373. The van der Waals surface area contributed by atoms with E-state index in [0.717, 1.165) is 37.1 Å². The van der Waals surface area contributed by atoms with Crippen molar-refractivity contribution in [2.45, 2.75) is 70.3 Å². The maximum atomic E-state index is 12.5. The maximum absolute atomic E-state index is 12.5. The molecular formula is C25H41N3O6. The Hall–Kier alpha value is -2.52. The molecule has 2 N–H and O–H groups in total. The van der Waals surface area contributed by atoms with Gasteiger partial charge >= 0.3 is 12.2 Å². The third-order valence-corrected chi connectivity index (χ3v) is 5.39. The zero-order valence-electron chi connectivity index (χ0n) is 21.4. The molecule has 1 saturated heterocycles. The first-order valence-corrected chi connectivity index (χ1v) is 11.9. The van der Waals surface area contributed by atoms with Gasteiger partial charge in [0.05, 0.1) is 13.2 Å². The number of unbranched alkanes of at least 4 members (excludes halogenated alkanes) is 2. The summed E-state index contributed by atoms with van der Waals surface area (Å²) in [4.78, 5) is 26.9. The Morgan fingerprint density at radius 1 is 1.09 bits per heavy atom. The van der Waals surface area contributed by atoms with Crippen molar-refractivity contribution in [3.63, 3.8) is 0 Å². The minimum absolute atomic E-state index is 0.216. The average Bonchev–Trinajstić information content (AvgIpc) is 3.10. The van der Waals surface area contributed by atoms with Crippen molar-refractivity contribution >= 4 is 12.2 Å². The molecule has 0 aliphatic carbocycles. The first-order chi connectivity index (χ1) is 16.1. The van der Waals surface area contributed by atoms with Gasteiger partial charge in [-0.2, -0.15) is 0 Å². The number of hydrogen-bond acceptors (Lipinski definition) is 8. The Morgan fingerprint density at radius 2 is 1.79 bits per heavy atom. The highest BCUT2D eigenvalue weighted by molar-refractivity contribution is 5.67. The molecule has 1 amide bonds. The van der Waals surface area contributed by atoms with E-state index < -0.39 is 30.1 Å². The van der Waals surface area contributed by atoms with Gasteiger partial charge in [-0.1, -0.05) is 18.6 Å². The second-order valence-electron chi connectivity index (χ2n) is 9.85. The van der Waals surface area contributed by atoms with E-state index in [0.29, 0.717) is 19.5 Å². The normalized spacial score (nSPS) is 20.1. The molecule has 0 unspecified atom stereocenters. The Bertz CT molecular complexity index is 763. The molecule has 0 spiro atoms. The van der Waals surface area contributed by atoms with Gasteiger partial charge in [0.25, 0.3) is 0 Å². The predicted molar refractivity (Wildman–Crippen MR) is 130 cm³/mol. The summed E-state index contributed by atoms with van der Waals surface area (Å²) in [5.74, 6) is 0.770. The van der Waals surface area contributed by atoms with Gasteiger partial charge in [0.1, 0.15) is 11.4 Å². The Morgan fingerprint density at radius 3 is 2.41 bits per heavy atom. The smallest absolute Gasteiger partial charge is 0.497 e. The fourth-order valence-corrected chi connectivity index (χ4v) is 3.71. The van der Waals surface area contributed by atoms with Crippen molar-refractivity contribution in [2.75, 3.05) is 40.8 Å². The molecule has 0 aromatic heterocycles. The summed E-state index contributed by atoms with van der Waals surface area (Å²) in [7, 11) is 5.71. The van der Waals surface area contributed by atoms with Gasteiger partial charge in [0.2, 0.25) is 0 Å². The number of ether oxygens (including phenoxy) is 4. The van der Waals surface area contributed by atoms with Gasteiger partial charge in [-0.05, 0) is 78.4 Å². The van der Waals surface area contributed by atoms with Crippen LogP contribution < -0.4 is 15.4 Å². The number of rotatable bonds is 11. The summed E-state index contributed by atoms with van der Waals surface area (Å²) < 4.78 is 21.8. The van der Waals surface area contributed by atoms with E-state index >= 15 is 0 Å². The molecule has 9 nitrogen and oxygen atoms in total. The van der Waals surface area contributed by atoms with Crippen LogP contribution in [0.15, 0.2) is 24.3 Å². The topological polar surface area (TPSA) is 98.4 Å². The summed E-state index contributed by atoms with van der Waals surface area (Å²) in [6.45, 7) is 7.24. The van der Waals surface area contributed by atoms with Crippen LogP contribution in [0.4, 0.5) is 9.59 Å². The maximum Gasteiger partial charge on any atom is 0.509 e. The highest BCUT2D eigenvalue weighted by atomic mass is 16.7. The lowest BCUT2D eigenvalue weighted by Gasteiger charge is -2.26. The van der Waals surface area contributed by atoms with Crippen molar-refractivity contribution in [3.05, 3.63) is 29.8 Å². The number of carbonyl (C=O) groups excluding carboxylic acids is 2. The molecule has 9 heteroatoms. The highest BCUT2D eigenvalue weighted by Gasteiger charge is 2.42. The number of methoxy groups -OCH3 is 1. The molecule has 1 aromatic carbocycles. The van der Waals surface area contributed by atoms with Gasteiger partial charge in [0.15, 0.2) is 12.2 Å². The fraction of sp³-hybridized carbons (Fsp3) is 0.680. The van der Waals surface area contributed by atoms with Crippen LogP contribution in [0.25, 0.3) is 0 Å². The molecule has 1 fully saturated rings. The Balaban J connectivity index is 1.96. The Kier molecular flexibility index (Phi) is 10.9. The first kappa shape index (κ1) is 27.7. The van der Waals surface area contributed by atoms with E-state index in [2.05, 4.69) is 15.5 Å². The van der Waals surface area contributed by atoms with Crippen molar-refractivity contribution < 1.29 is 28.5 Å². The molecule has 1 aliphatic heterocycles. The monoisotopic (exact) mass is 479 g/mol. The predicted octanol–water partition coefficient (Wildman–Crippen LogP) is 3.36. The number of amides is 1. The van der Waals surface area contributed by atoms with E-state index in [-0.39, 0.29) is 6.04 Å². The van der Waals surface area contributed by atoms with Crippen LogP contribution >= 0.6 is 0 Å². The molecular weight excluding hydrogens is 438 g/mol. The summed E-state index contributed by atoms with van der Waals surface area (Å²) in [6.07, 6.45) is 0.977. The number of hydrogen-bond donors (Lipinski definition) is 2. The van der Waals surface area contributed by atoms with Crippen LogP contribution in [0, 0.1) is 0 Å². The van der Waals surface area contributed by atoms with Crippen molar-refractivity contribution in [1.29, 1.82) is 0 Å². The second-order valence-corrected chi connectivity index (χ2v) is 9.85. The number of alkyl carbamates (subject to hydrolysis) is 1. The molecule has 1 heterocycles. The average molecular weight is 480 g/mol. The molecule has 1 aliphatic rings. The van der Waals surface area contributed by atoms with Gasteiger partial charge in [-0.15, -0.1) is 0 Å². The lowest BCUT2D eigenvalue weighted by molar-refractivity contribution is -0.0517. The molecule has 0 saturated carbocycles. The van der Waals surface area contributed by atoms with Crippen LogP contribution in [0.3, 0.4) is 0 Å². The van der Waals surface area contributed by atoms with Crippen LogP contribution in [-0.2, 0) is 20.6 Å². The van der Waals surface area contributed by atoms with Gasteiger partial charge in [-0.3, -0.25) is 0 Å².